The standard InChI is InChI=1S/C84H120N4O8/c1-57(2)21-19-23-59(5)71-39-41-73-69-37-31-63-53-67(43-47-81(63,7)75(69)45-49-83(71,73)9)95-77(89)55-85-79(91)93-51-17-13-11-15-25-61-27-33-65(34-28-61)87-88-66-35-29-62(30-36-66)26-16-12-14-18-52-94-80(92)86-56-78(90)96-68-44-48-82(8)64(54-68)32-38-70-74-42-40-72(60(6)24-20-22-58(3)4)84(74,10)50-46-76(70)82/h27-36,57-60,67-76H,11-14,17-24,37-56H2,1-10H3,(H,85,91)(H,86,92)/t59-,60-,67+,68+,69+,70+,71-,72-,73+,74+,75+,76+,81+,82+,83-,84-/m1/s1. The molecule has 16 atom stereocenters. The smallest absolute Gasteiger partial charge is 0.407 e. The quantitative estimate of drug-likeness (QED) is 0.0236. The van der Waals surface area contributed by atoms with Gasteiger partial charge in [0.15, 0.2) is 0 Å². The first-order valence-electron chi connectivity index (χ1n) is 38.3. The molecule has 8 aliphatic carbocycles. The lowest BCUT2D eigenvalue weighted by Gasteiger charge is -2.58. The van der Waals surface area contributed by atoms with Gasteiger partial charge in [-0.05, 0) is 257 Å². The van der Waals surface area contributed by atoms with Gasteiger partial charge in [0, 0.05) is 36.8 Å². The van der Waals surface area contributed by atoms with Crippen LogP contribution in [-0.4, -0.2) is 62.6 Å². The van der Waals surface area contributed by atoms with Gasteiger partial charge in [-0.15, -0.1) is 0 Å². The van der Waals surface area contributed by atoms with Gasteiger partial charge in [-0.2, -0.15) is 10.2 Å². The first-order valence-corrected chi connectivity index (χ1v) is 38.3. The van der Waals surface area contributed by atoms with E-state index >= 15 is 0 Å². The summed E-state index contributed by atoms with van der Waals surface area (Å²) in [5, 5.41) is 14.0. The van der Waals surface area contributed by atoms with E-state index < -0.39 is 24.1 Å². The molecule has 0 aliphatic heterocycles. The van der Waals surface area contributed by atoms with Crippen LogP contribution in [0.5, 0.6) is 0 Å². The molecule has 0 heterocycles. The molecule has 0 bridgehead atoms. The van der Waals surface area contributed by atoms with Crippen molar-refractivity contribution in [2.45, 2.75) is 261 Å². The molecule has 0 unspecified atom stereocenters. The number of allylic oxidation sites excluding steroid dienone is 2. The van der Waals surface area contributed by atoms with E-state index in [-0.39, 0.29) is 49.3 Å². The van der Waals surface area contributed by atoms with Crippen molar-refractivity contribution in [3.63, 3.8) is 0 Å². The number of nitrogens with zero attached hydrogens (tertiary/aromatic N) is 2. The molecular formula is C84H120N4O8. The van der Waals surface area contributed by atoms with Crippen LogP contribution in [0, 0.1) is 116 Å². The summed E-state index contributed by atoms with van der Waals surface area (Å²) in [6.45, 7) is 25.0. The van der Waals surface area contributed by atoms with E-state index in [0.29, 0.717) is 47.9 Å². The predicted molar refractivity (Wildman–Crippen MR) is 383 cm³/mol. The number of esters is 2. The van der Waals surface area contributed by atoms with E-state index in [2.05, 4.69) is 126 Å². The number of rotatable bonds is 26. The van der Waals surface area contributed by atoms with Gasteiger partial charge in [-0.1, -0.05) is 155 Å². The fourth-order valence-electron chi connectivity index (χ4n) is 21.0. The van der Waals surface area contributed by atoms with Crippen LogP contribution in [0.4, 0.5) is 21.0 Å². The Morgan fingerprint density at radius 1 is 0.490 bits per heavy atom. The van der Waals surface area contributed by atoms with Gasteiger partial charge in [-0.25, -0.2) is 9.59 Å². The monoisotopic (exact) mass is 1310 g/mol. The summed E-state index contributed by atoms with van der Waals surface area (Å²) < 4.78 is 22.6. The average molecular weight is 1310 g/mol. The summed E-state index contributed by atoms with van der Waals surface area (Å²) >= 11 is 0. The van der Waals surface area contributed by atoms with Crippen molar-refractivity contribution in [3.05, 3.63) is 83.0 Å². The van der Waals surface area contributed by atoms with E-state index in [4.69, 9.17) is 18.9 Å². The van der Waals surface area contributed by atoms with Gasteiger partial charge in [0.2, 0.25) is 0 Å². The average Bonchev–Trinajstić information content (AvgIpc) is 1.39. The summed E-state index contributed by atoms with van der Waals surface area (Å²) in [7, 11) is 0. The first kappa shape index (κ1) is 72.9. The molecule has 0 spiro atoms. The summed E-state index contributed by atoms with van der Waals surface area (Å²) in [5.41, 5.74) is 7.50. The van der Waals surface area contributed by atoms with Crippen LogP contribution < -0.4 is 10.6 Å². The molecule has 12 nitrogen and oxygen atoms in total. The number of ether oxygens (including phenoxy) is 4. The number of amides is 2. The normalized spacial score (nSPS) is 31.6. The molecule has 0 radical (unpaired) electrons. The molecule has 524 valence electrons. The third kappa shape index (κ3) is 17.9. The van der Waals surface area contributed by atoms with Crippen molar-refractivity contribution in [1.82, 2.24) is 10.6 Å². The van der Waals surface area contributed by atoms with Crippen molar-refractivity contribution in [2.75, 3.05) is 26.3 Å². The second kappa shape index (κ2) is 33.3. The van der Waals surface area contributed by atoms with Gasteiger partial charge in [0.1, 0.15) is 25.3 Å². The maximum absolute atomic E-state index is 12.9. The number of fused-ring (bicyclic) bond motifs is 10. The van der Waals surface area contributed by atoms with Crippen LogP contribution in [0.3, 0.4) is 0 Å². The van der Waals surface area contributed by atoms with E-state index in [1.54, 1.807) is 0 Å². The Bertz CT molecular complexity index is 2970. The Morgan fingerprint density at radius 2 is 0.896 bits per heavy atom. The maximum Gasteiger partial charge on any atom is 0.407 e. The first-order chi connectivity index (χ1) is 46.1. The molecule has 2 aromatic rings. The largest absolute Gasteiger partial charge is 0.461 e. The zero-order chi connectivity index (χ0) is 68.0. The zero-order valence-electron chi connectivity index (χ0n) is 60.6. The van der Waals surface area contributed by atoms with E-state index in [1.807, 2.05) is 48.5 Å². The molecule has 2 N–H and O–H groups in total. The number of nitrogens with one attached hydrogen (secondary N) is 2. The fourth-order valence-corrected chi connectivity index (χ4v) is 21.0. The summed E-state index contributed by atoms with van der Waals surface area (Å²) in [5.74, 6) is 21.5. The molecule has 2 aromatic carbocycles. The lowest BCUT2D eigenvalue weighted by molar-refractivity contribution is -0.151. The van der Waals surface area contributed by atoms with Crippen LogP contribution in [0.1, 0.15) is 260 Å². The van der Waals surface area contributed by atoms with E-state index in [9.17, 15) is 19.2 Å². The van der Waals surface area contributed by atoms with Gasteiger partial charge < -0.3 is 29.6 Å². The number of unbranched alkanes of at least 4 members (excludes halogenated alkanes) is 4. The van der Waals surface area contributed by atoms with Gasteiger partial charge >= 0.3 is 24.1 Å². The van der Waals surface area contributed by atoms with Crippen LogP contribution in [0.15, 0.2) is 82.1 Å². The molecule has 0 aromatic heterocycles. The van der Waals surface area contributed by atoms with Gasteiger partial charge in [0.05, 0.1) is 24.6 Å². The lowest BCUT2D eigenvalue weighted by Crippen LogP contribution is -2.51. The lowest BCUT2D eigenvalue weighted by atomic mass is 9.47. The molecule has 6 fully saturated rings. The molecule has 96 heavy (non-hydrogen) atoms. The fraction of sp³-hybridized carbons (Fsp3) is 0.714. The molecular weight excluding hydrogens is 1190 g/mol. The number of alkyl carbamates (subject to hydrolysis) is 2. The van der Waals surface area contributed by atoms with Crippen molar-refractivity contribution in [1.29, 1.82) is 0 Å². The van der Waals surface area contributed by atoms with Crippen LogP contribution in [0.25, 0.3) is 0 Å². The highest BCUT2D eigenvalue weighted by Crippen LogP contribution is 2.69. The minimum absolute atomic E-state index is 0.147. The van der Waals surface area contributed by atoms with Gasteiger partial charge in [0.25, 0.3) is 0 Å². The van der Waals surface area contributed by atoms with Crippen LogP contribution >= 0.6 is 0 Å². The van der Waals surface area contributed by atoms with Crippen LogP contribution in [0.2, 0.25) is 0 Å². The molecule has 10 rings (SSSR count). The number of hydrogen-bond acceptors (Lipinski definition) is 10. The Morgan fingerprint density at radius 3 is 1.29 bits per heavy atom. The SMILES string of the molecule is CC(C)CCC[C@@H](C)[C@H]1CC[C@H]2[C@@H]3CC=C4C[C@@H](OC(=O)CNC(=O)OCCCCC#Cc5ccc(N=Nc6ccc(C#CCCCCOC(=O)NCC(=O)O[C@H]7CC[C@@]8(C)C(=CC[C@H]9[C@@H]%10CC[C@H]([C@H](C)CCCC(C)C)[C@@]%10(C)CC[C@@H]98)C7)cc6)cc5)CC[C@]4(C)[C@H]3CC[C@]12C. The Hall–Kier alpha value is -5.88. The van der Waals surface area contributed by atoms with Crippen LogP contribution in [-0.2, 0) is 28.5 Å². The Kier molecular flexibility index (Phi) is 25.3. The summed E-state index contributed by atoms with van der Waals surface area (Å²) in [6, 6.07) is 15.2. The van der Waals surface area contributed by atoms with Crippen molar-refractivity contribution in [3.8, 4) is 23.7 Å². The zero-order valence-corrected chi connectivity index (χ0v) is 60.6. The number of carbonyl (C=O) groups is 4. The molecule has 12 heteroatoms. The number of carbonyl (C=O) groups excluding carboxylic acids is 4. The predicted octanol–water partition coefficient (Wildman–Crippen LogP) is 20.5. The Balaban J connectivity index is 0.536. The summed E-state index contributed by atoms with van der Waals surface area (Å²) in [6.07, 6.45) is 34.7. The third-order valence-corrected chi connectivity index (χ3v) is 26.2. The molecule has 2 amide bonds. The second-order valence-electron chi connectivity index (χ2n) is 33.1. The summed E-state index contributed by atoms with van der Waals surface area (Å²) in [4.78, 5) is 50.8. The van der Waals surface area contributed by atoms with Gasteiger partial charge in [-0.3, -0.25) is 9.59 Å². The highest BCUT2D eigenvalue weighted by molar-refractivity contribution is 5.78. The molecule has 0 saturated heterocycles. The number of azo groups is 1. The number of benzene rings is 2. The molecule has 6 saturated carbocycles. The maximum atomic E-state index is 12.9. The Labute approximate surface area is 578 Å². The number of hydrogen-bond donors (Lipinski definition) is 2. The van der Waals surface area contributed by atoms with Crippen molar-refractivity contribution >= 4 is 35.5 Å². The minimum atomic E-state index is -0.608. The molecule has 8 aliphatic rings. The van der Waals surface area contributed by atoms with E-state index in [0.717, 1.165) is 134 Å². The van der Waals surface area contributed by atoms with Crippen molar-refractivity contribution in [2.24, 2.45) is 103 Å². The van der Waals surface area contributed by atoms with E-state index in [1.165, 1.54) is 114 Å². The topological polar surface area (TPSA) is 154 Å². The highest BCUT2D eigenvalue weighted by atomic mass is 16.6. The second-order valence-corrected chi connectivity index (χ2v) is 33.1. The third-order valence-electron chi connectivity index (χ3n) is 26.2. The highest BCUT2D eigenvalue weighted by Gasteiger charge is 2.61. The minimum Gasteiger partial charge on any atom is -0.461 e. The van der Waals surface area contributed by atoms with Crippen molar-refractivity contribution < 1.29 is 38.1 Å².